The molecule has 86 valence electrons. The predicted molar refractivity (Wildman–Crippen MR) is 52.7 cm³/mol. The number of hydrogen-bond acceptors (Lipinski definition) is 3. The Labute approximate surface area is 90.8 Å². The minimum atomic E-state index is -1.01. The van der Waals surface area contributed by atoms with Crippen LogP contribution in [0.15, 0.2) is 24.3 Å². The molecule has 0 bridgehead atoms. The lowest BCUT2D eigenvalue weighted by Crippen LogP contribution is -2.28. The van der Waals surface area contributed by atoms with Crippen molar-refractivity contribution in [1.29, 1.82) is 0 Å². The number of ether oxygens (including phenoxy) is 1. The largest absolute Gasteiger partial charge is 0.481 e. The van der Waals surface area contributed by atoms with Crippen LogP contribution in [0.2, 0.25) is 0 Å². The summed E-state index contributed by atoms with van der Waals surface area (Å²) in [5, 5.41) is 10.6. The maximum Gasteiger partial charge on any atom is 0.412 e. The lowest BCUT2D eigenvalue weighted by atomic mass is 10.3. The van der Waals surface area contributed by atoms with Gasteiger partial charge in [-0.3, -0.25) is 4.79 Å². The number of hydrogen-bond donors (Lipinski definition) is 2. The van der Waals surface area contributed by atoms with Crippen molar-refractivity contribution in [3.8, 4) is 5.75 Å². The highest BCUT2D eigenvalue weighted by Crippen LogP contribution is 2.10. The molecule has 0 saturated heterocycles. The topological polar surface area (TPSA) is 75.6 Å². The SMILES string of the molecule is O=C(O)CCNC(=O)Oc1ccc(F)cc1. The summed E-state index contributed by atoms with van der Waals surface area (Å²) in [4.78, 5) is 21.2. The average molecular weight is 227 g/mol. The second-order valence-corrected chi connectivity index (χ2v) is 2.91. The summed E-state index contributed by atoms with van der Waals surface area (Å²) < 4.78 is 17.2. The van der Waals surface area contributed by atoms with Gasteiger partial charge in [0.05, 0.1) is 6.42 Å². The van der Waals surface area contributed by atoms with E-state index < -0.39 is 17.9 Å². The van der Waals surface area contributed by atoms with Crippen LogP contribution in [-0.2, 0) is 4.79 Å². The molecule has 2 N–H and O–H groups in total. The van der Waals surface area contributed by atoms with Gasteiger partial charge in [0.1, 0.15) is 11.6 Å². The van der Waals surface area contributed by atoms with Gasteiger partial charge in [-0.2, -0.15) is 0 Å². The summed E-state index contributed by atoms with van der Waals surface area (Å²) >= 11 is 0. The van der Waals surface area contributed by atoms with E-state index in [2.05, 4.69) is 5.32 Å². The molecule has 16 heavy (non-hydrogen) atoms. The Morgan fingerprint density at radius 2 is 1.94 bits per heavy atom. The Hall–Kier alpha value is -2.11. The predicted octanol–water partition coefficient (Wildman–Crippen LogP) is 1.39. The zero-order valence-electron chi connectivity index (χ0n) is 8.27. The van der Waals surface area contributed by atoms with Crippen LogP contribution in [-0.4, -0.2) is 23.7 Å². The third-order valence-electron chi connectivity index (χ3n) is 1.63. The Bertz CT molecular complexity index is 377. The second-order valence-electron chi connectivity index (χ2n) is 2.91. The highest BCUT2D eigenvalue weighted by molar-refractivity contribution is 5.72. The first-order chi connectivity index (χ1) is 7.58. The minimum Gasteiger partial charge on any atom is -0.481 e. The van der Waals surface area contributed by atoms with E-state index in [-0.39, 0.29) is 18.7 Å². The molecule has 1 amide bonds. The van der Waals surface area contributed by atoms with E-state index >= 15 is 0 Å². The van der Waals surface area contributed by atoms with Crippen molar-refractivity contribution in [1.82, 2.24) is 5.32 Å². The van der Waals surface area contributed by atoms with E-state index in [4.69, 9.17) is 9.84 Å². The van der Waals surface area contributed by atoms with Crippen LogP contribution in [0.5, 0.6) is 5.75 Å². The Kier molecular flexibility index (Phi) is 4.26. The maximum absolute atomic E-state index is 12.5. The molecule has 0 aliphatic heterocycles. The molecule has 0 radical (unpaired) electrons. The normalized spacial score (nSPS) is 9.56. The summed E-state index contributed by atoms with van der Waals surface area (Å²) in [7, 11) is 0. The lowest BCUT2D eigenvalue weighted by Gasteiger charge is -2.04. The maximum atomic E-state index is 12.5. The number of rotatable bonds is 4. The van der Waals surface area contributed by atoms with Gasteiger partial charge < -0.3 is 15.2 Å². The van der Waals surface area contributed by atoms with E-state index in [1.807, 2.05) is 0 Å². The molecule has 0 spiro atoms. The van der Waals surface area contributed by atoms with Crippen molar-refractivity contribution in [2.45, 2.75) is 6.42 Å². The van der Waals surface area contributed by atoms with Crippen LogP contribution in [0.1, 0.15) is 6.42 Å². The van der Waals surface area contributed by atoms with Crippen LogP contribution < -0.4 is 10.1 Å². The fraction of sp³-hybridized carbons (Fsp3) is 0.200. The van der Waals surface area contributed by atoms with Crippen LogP contribution in [0.25, 0.3) is 0 Å². The number of carboxylic acids is 1. The third-order valence-corrected chi connectivity index (χ3v) is 1.63. The fourth-order valence-electron chi connectivity index (χ4n) is 0.917. The van der Waals surface area contributed by atoms with Crippen LogP contribution >= 0.6 is 0 Å². The summed E-state index contributed by atoms with van der Waals surface area (Å²) in [5.41, 5.74) is 0. The van der Waals surface area contributed by atoms with Gasteiger partial charge in [-0.1, -0.05) is 0 Å². The number of halogens is 1. The molecule has 0 atom stereocenters. The van der Waals surface area contributed by atoms with Crippen molar-refractivity contribution in [2.24, 2.45) is 0 Å². The van der Waals surface area contributed by atoms with Crippen molar-refractivity contribution in [3.63, 3.8) is 0 Å². The Balaban J connectivity index is 2.34. The van der Waals surface area contributed by atoms with Gasteiger partial charge in [-0.25, -0.2) is 9.18 Å². The van der Waals surface area contributed by atoms with Crippen LogP contribution in [0.3, 0.4) is 0 Å². The van der Waals surface area contributed by atoms with Gasteiger partial charge >= 0.3 is 12.1 Å². The molecule has 0 saturated carbocycles. The number of aliphatic carboxylic acids is 1. The molecule has 0 aromatic heterocycles. The molecular weight excluding hydrogens is 217 g/mol. The fourth-order valence-corrected chi connectivity index (χ4v) is 0.917. The number of amides is 1. The number of benzene rings is 1. The first-order valence-corrected chi connectivity index (χ1v) is 4.51. The van der Waals surface area contributed by atoms with Gasteiger partial charge in [-0.15, -0.1) is 0 Å². The first kappa shape index (κ1) is 12.0. The highest BCUT2D eigenvalue weighted by atomic mass is 19.1. The highest BCUT2D eigenvalue weighted by Gasteiger charge is 2.04. The summed E-state index contributed by atoms with van der Waals surface area (Å²) in [6.45, 7) is -0.0185. The molecule has 1 aromatic rings. The molecule has 0 aliphatic rings. The van der Waals surface area contributed by atoms with E-state index in [0.29, 0.717) is 0 Å². The van der Waals surface area contributed by atoms with Gasteiger partial charge in [0, 0.05) is 6.54 Å². The third kappa shape index (κ3) is 4.41. The Morgan fingerprint density at radius 3 is 2.50 bits per heavy atom. The summed E-state index contributed by atoms with van der Waals surface area (Å²) in [5.74, 6) is -1.25. The average Bonchev–Trinajstić information content (AvgIpc) is 2.21. The molecule has 1 aromatic carbocycles. The van der Waals surface area contributed by atoms with Crippen molar-refractivity contribution < 1.29 is 23.8 Å². The molecular formula is C10H10FNO4. The molecule has 0 aliphatic carbocycles. The van der Waals surface area contributed by atoms with E-state index in [9.17, 15) is 14.0 Å². The monoisotopic (exact) mass is 227 g/mol. The zero-order valence-corrected chi connectivity index (χ0v) is 8.27. The van der Waals surface area contributed by atoms with E-state index in [1.54, 1.807) is 0 Å². The molecule has 1 rings (SSSR count). The van der Waals surface area contributed by atoms with Gasteiger partial charge in [-0.05, 0) is 24.3 Å². The number of carboxylic acid groups (broad SMARTS) is 1. The van der Waals surface area contributed by atoms with Gasteiger partial charge in [0.2, 0.25) is 0 Å². The second kappa shape index (κ2) is 5.69. The van der Waals surface area contributed by atoms with Crippen LogP contribution in [0.4, 0.5) is 9.18 Å². The van der Waals surface area contributed by atoms with Crippen molar-refractivity contribution >= 4 is 12.1 Å². The van der Waals surface area contributed by atoms with E-state index in [0.717, 1.165) is 12.1 Å². The number of carbonyl (C=O) groups excluding carboxylic acids is 1. The summed E-state index contributed by atoms with van der Waals surface area (Å²) in [6, 6.07) is 4.90. The number of carbonyl (C=O) groups is 2. The minimum absolute atomic E-state index is 0.0185. The van der Waals surface area contributed by atoms with Crippen LogP contribution in [0, 0.1) is 5.82 Å². The molecule has 0 heterocycles. The molecule has 0 fully saturated rings. The number of nitrogens with one attached hydrogen (secondary N) is 1. The quantitative estimate of drug-likeness (QED) is 0.814. The molecule has 5 nitrogen and oxygen atoms in total. The lowest BCUT2D eigenvalue weighted by molar-refractivity contribution is -0.136. The van der Waals surface area contributed by atoms with Crippen molar-refractivity contribution in [2.75, 3.05) is 6.54 Å². The summed E-state index contributed by atoms with van der Waals surface area (Å²) in [6.07, 6.45) is -0.953. The standard InChI is InChI=1S/C10H10FNO4/c11-7-1-3-8(4-2-7)16-10(15)12-6-5-9(13)14/h1-4H,5-6H2,(H,12,15)(H,13,14). The smallest absolute Gasteiger partial charge is 0.412 e. The van der Waals surface area contributed by atoms with E-state index in [1.165, 1.54) is 12.1 Å². The first-order valence-electron chi connectivity index (χ1n) is 4.51. The van der Waals surface area contributed by atoms with Gasteiger partial charge in [0.15, 0.2) is 0 Å². The van der Waals surface area contributed by atoms with Gasteiger partial charge in [0.25, 0.3) is 0 Å². The molecule has 0 unspecified atom stereocenters. The Morgan fingerprint density at radius 1 is 1.31 bits per heavy atom. The molecule has 6 heteroatoms. The zero-order chi connectivity index (χ0) is 12.0. The van der Waals surface area contributed by atoms with Crippen molar-refractivity contribution in [3.05, 3.63) is 30.1 Å².